The molecule has 0 saturated carbocycles. The number of anilines is 1. The summed E-state index contributed by atoms with van der Waals surface area (Å²) in [6.45, 7) is 5.44. The van der Waals surface area contributed by atoms with Crippen LogP contribution in [0.2, 0.25) is 0 Å². The highest BCUT2D eigenvalue weighted by Gasteiger charge is 2.39. The zero-order chi connectivity index (χ0) is 27.2. The second kappa shape index (κ2) is 12.1. The predicted molar refractivity (Wildman–Crippen MR) is 150 cm³/mol. The van der Waals surface area contributed by atoms with Crippen molar-refractivity contribution in [3.63, 3.8) is 0 Å². The van der Waals surface area contributed by atoms with Crippen molar-refractivity contribution < 1.29 is 28.5 Å². The highest BCUT2D eigenvalue weighted by Crippen LogP contribution is 2.36. The van der Waals surface area contributed by atoms with Crippen LogP contribution in [0.3, 0.4) is 0 Å². The number of benzene rings is 3. The van der Waals surface area contributed by atoms with Crippen LogP contribution in [0.1, 0.15) is 25.8 Å². The summed E-state index contributed by atoms with van der Waals surface area (Å²) in [4.78, 5) is 32.8. The number of hydrogen-bond acceptors (Lipinski definition) is 8. The fraction of sp³-hybridized carbons (Fsp3) is 0.276. The summed E-state index contributed by atoms with van der Waals surface area (Å²) in [5.41, 5.74) is 2.19. The molecule has 39 heavy (non-hydrogen) atoms. The first-order chi connectivity index (χ1) is 19.0. The Hall–Kier alpha value is -4.18. The lowest BCUT2D eigenvalue weighted by Gasteiger charge is -2.17. The zero-order valence-corrected chi connectivity index (χ0v) is 22.5. The summed E-state index contributed by atoms with van der Waals surface area (Å²) >= 11 is 1.29. The lowest BCUT2D eigenvalue weighted by Crippen LogP contribution is -2.33. The number of rotatable bonds is 10. The van der Waals surface area contributed by atoms with Crippen molar-refractivity contribution >= 4 is 40.1 Å². The van der Waals surface area contributed by atoms with Crippen LogP contribution in [0, 0.1) is 0 Å². The van der Waals surface area contributed by atoms with Gasteiger partial charge in [-0.15, -0.1) is 0 Å². The van der Waals surface area contributed by atoms with Crippen molar-refractivity contribution in [3.8, 4) is 23.0 Å². The van der Waals surface area contributed by atoms with Gasteiger partial charge in [-0.1, -0.05) is 17.8 Å². The van der Waals surface area contributed by atoms with Gasteiger partial charge >= 0.3 is 0 Å². The minimum atomic E-state index is -0.608. The van der Waals surface area contributed by atoms with Crippen LogP contribution in [-0.2, 0) is 16.1 Å². The lowest BCUT2D eigenvalue weighted by atomic mass is 10.1. The van der Waals surface area contributed by atoms with Gasteiger partial charge in [0.25, 0.3) is 0 Å². The van der Waals surface area contributed by atoms with E-state index in [9.17, 15) is 9.59 Å². The van der Waals surface area contributed by atoms with Crippen molar-refractivity contribution in [2.75, 3.05) is 25.3 Å². The molecule has 2 aliphatic heterocycles. The van der Waals surface area contributed by atoms with Crippen LogP contribution in [0.4, 0.5) is 11.4 Å². The molecule has 1 saturated heterocycles. The molecular weight excluding hydrogens is 518 g/mol. The SMILES string of the molecule is CCOc1ccc(N=C2S[C@H](CC(=O)Nc3ccc(OCC)cc3)C(=O)N2Cc2ccc3c(c2)OCO3)cc1. The molecule has 1 atom stereocenters. The van der Waals surface area contributed by atoms with Crippen LogP contribution in [0.25, 0.3) is 0 Å². The number of ether oxygens (including phenoxy) is 4. The molecule has 10 heteroatoms. The van der Waals surface area contributed by atoms with E-state index in [2.05, 4.69) is 5.32 Å². The fourth-order valence-electron chi connectivity index (χ4n) is 4.17. The molecule has 3 aromatic carbocycles. The summed E-state index contributed by atoms with van der Waals surface area (Å²) in [5, 5.41) is 2.79. The van der Waals surface area contributed by atoms with Crippen molar-refractivity contribution in [1.29, 1.82) is 0 Å². The molecule has 0 aromatic heterocycles. The quantitative estimate of drug-likeness (QED) is 0.364. The molecule has 0 bridgehead atoms. The van der Waals surface area contributed by atoms with Crippen molar-refractivity contribution in [3.05, 3.63) is 72.3 Å². The summed E-state index contributed by atoms with van der Waals surface area (Å²) < 4.78 is 21.9. The summed E-state index contributed by atoms with van der Waals surface area (Å²) in [7, 11) is 0. The summed E-state index contributed by atoms with van der Waals surface area (Å²) in [6.07, 6.45) is 0.0106. The summed E-state index contributed by atoms with van der Waals surface area (Å²) in [6, 6.07) is 20.1. The first-order valence-corrected chi connectivity index (χ1v) is 13.6. The molecule has 1 fully saturated rings. The van der Waals surface area contributed by atoms with Crippen molar-refractivity contribution in [2.24, 2.45) is 4.99 Å². The number of amidine groups is 1. The average molecular weight is 548 g/mol. The normalized spacial score (nSPS) is 17.0. The van der Waals surface area contributed by atoms with Gasteiger partial charge in [-0.05, 0) is 80.1 Å². The molecule has 9 nitrogen and oxygen atoms in total. The molecule has 2 aliphatic rings. The molecule has 0 aliphatic carbocycles. The molecule has 0 radical (unpaired) electrons. The highest BCUT2D eigenvalue weighted by molar-refractivity contribution is 8.15. The van der Waals surface area contributed by atoms with Crippen molar-refractivity contribution in [1.82, 2.24) is 4.90 Å². The fourth-order valence-corrected chi connectivity index (χ4v) is 5.33. The molecule has 2 heterocycles. The van der Waals surface area contributed by atoms with Gasteiger partial charge in [0.1, 0.15) is 16.7 Å². The van der Waals surface area contributed by atoms with Crippen LogP contribution in [0.5, 0.6) is 23.0 Å². The van der Waals surface area contributed by atoms with Crippen molar-refractivity contribution in [2.45, 2.75) is 32.1 Å². The third kappa shape index (κ3) is 6.46. The van der Waals surface area contributed by atoms with E-state index in [0.717, 1.165) is 17.1 Å². The second-order valence-electron chi connectivity index (χ2n) is 8.75. The lowest BCUT2D eigenvalue weighted by molar-refractivity contribution is -0.128. The molecule has 2 amide bonds. The van der Waals surface area contributed by atoms with Gasteiger partial charge in [-0.3, -0.25) is 14.5 Å². The van der Waals surface area contributed by atoms with Gasteiger partial charge in [0.2, 0.25) is 18.6 Å². The number of amides is 2. The van der Waals surface area contributed by atoms with E-state index < -0.39 is 5.25 Å². The van der Waals surface area contributed by atoms with Gasteiger partial charge in [0, 0.05) is 12.1 Å². The molecule has 1 N–H and O–H groups in total. The topological polar surface area (TPSA) is 98.7 Å². The van der Waals surface area contributed by atoms with E-state index in [4.69, 9.17) is 23.9 Å². The Morgan fingerprint density at radius 2 is 1.64 bits per heavy atom. The van der Waals surface area contributed by atoms with Crippen LogP contribution in [0.15, 0.2) is 71.7 Å². The maximum absolute atomic E-state index is 13.5. The number of fused-ring (bicyclic) bond motifs is 1. The van der Waals surface area contributed by atoms with Gasteiger partial charge in [-0.25, -0.2) is 4.99 Å². The molecule has 202 valence electrons. The Labute approximate surface area is 231 Å². The number of hydrogen-bond donors (Lipinski definition) is 1. The van der Waals surface area contributed by atoms with Gasteiger partial charge < -0.3 is 24.3 Å². The smallest absolute Gasteiger partial charge is 0.242 e. The second-order valence-corrected chi connectivity index (χ2v) is 9.92. The number of carbonyl (C=O) groups is 2. The van der Waals surface area contributed by atoms with E-state index in [-0.39, 0.29) is 31.6 Å². The number of carbonyl (C=O) groups excluding carboxylic acids is 2. The van der Waals surface area contributed by atoms with Crippen LogP contribution >= 0.6 is 11.8 Å². The Kier molecular flexibility index (Phi) is 8.21. The standard InChI is InChI=1S/C29H29N3O6S/c1-3-35-22-10-6-20(7-11-22)30-27(33)16-26-28(34)32(17-19-5-14-24-25(15-19)38-18-37-24)29(39-26)31-21-8-12-23(13-9-21)36-4-2/h5-15,26H,3-4,16-18H2,1-2H3,(H,30,33)/t26-/m1/s1. The molecule has 5 rings (SSSR count). The Bertz CT molecular complexity index is 1360. The summed E-state index contributed by atoms with van der Waals surface area (Å²) in [5.74, 6) is 2.36. The zero-order valence-electron chi connectivity index (χ0n) is 21.7. The molecular formula is C29H29N3O6S. The van der Waals surface area contributed by atoms with E-state index >= 15 is 0 Å². The Morgan fingerprint density at radius 1 is 0.974 bits per heavy atom. The maximum atomic E-state index is 13.5. The van der Waals surface area contributed by atoms with E-state index in [1.165, 1.54) is 11.8 Å². The monoisotopic (exact) mass is 547 g/mol. The first kappa shape index (κ1) is 26.4. The minimum absolute atomic E-state index is 0.0106. The Balaban J connectivity index is 1.33. The maximum Gasteiger partial charge on any atom is 0.242 e. The molecule has 0 unspecified atom stereocenters. The predicted octanol–water partition coefficient (Wildman–Crippen LogP) is 5.37. The number of aliphatic imine (C=N–C) groups is 1. The third-order valence-electron chi connectivity index (χ3n) is 5.99. The number of thioether (sulfide) groups is 1. The number of nitrogens with zero attached hydrogens (tertiary/aromatic N) is 2. The first-order valence-electron chi connectivity index (χ1n) is 12.7. The molecule has 0 spiro atoms. The van der Waals surface area contributed by atoms with E-state index in [1.807, 2.05) is 56.3 Å². The highest BCUT2D eigenvalue weighted by atomic mass is 32.2. The minimum Gasteiger partial charge on any atom is -0.494 e. The van der Waals surface area contributed by atoms with E-state index in [0.29, 0.717) is 41.3 Å². The van der Waals surface area contributed by atoms with Crippen LogP contribution in [-0.4, -0.2) is 47.1 Å². The Morgan fingerprint density at radius 3 is 2.33 bits per heavy atom. The van der Waals surface area contributed by atoms with E-state index in [1.54, 1.807) is 29.2 Å². The van der Waals surface area contributed by atoms with Gasteiger partial charge in [-0.2, -0.15) is 0 Å². The third-order valence-corrected chi connectivity index (χ3v) is 7.17. The average Bonchev–Trinajstić information content (AvgIpc) is 3.51. The molecule has 3 aromatic rings. The number of nitrogens with one attached hydrogen (secondary N) is 1. The van der Waals surface area contributed by atoms with Crippen LogP contribution < -0.4 is 24.3 Å². The largest absolute Gasteiger partial charge is 0.494 e. The van der Waals surface area contributed by atoms with Gasteiger partial charge in [0.05, 0.1) is 25.4 Å². The van der Waals surface area contributed by atoms with Gasteiger partial charge in [0.15, 0.2) is 16.7 Å².